The smallest absolute Gasteiger partial charge is 0.0947 e. The lowest BCUT2D eigenvalue weighted by molar-refractivity contribution is 0.659. The zero-order valence-electron chi connectivity index (χ0n) is 41.3. The quantitative estimate of drug-likeness (QED) is 0.183. The average Bonchev–Trinajstić information content (AvgIpc) is 3.99. The molecule has 11 aromatic carbocycles. The summed E-state index contributed by atoms with van der Waals surface area (Å²) in [7, 11) is 0. The van der Waals surface area contributed by atoms with Crippen LogP contribution in [0.3, 0.4) is 0 Å². The molecule has 0 bridgehead atoms. The molecular weight excluding hydrogens is 883 g/mol. The van der Waals surface area contributed by atoms with Crippen LogP contribution in [0.15, 0.2) is 229 Å². The van der Waals surface area contributed by atoms with Gasteiger partial charge in [-0.25, -0.2) is 4.99 Å². The molecule has 1 N–H and O–H groups in total. The first-order chi connectivity index (χ1) is 35.7. The summed E-state index contributed by atoms with van der Waals surface area (Å²) in [5.74, 6) is 0. The summed E-state index contributed by atoms with van der Waals surface area (Å²) >= 11 is 0. The maximum Gasteiger partial charge on any atom is 0.0947 e. The lowest BCUT2D eigenvalue weighted by Gasteiger charge is -2.30. The van der Waals surface area contributed by atoms with Gasteiger partial charge in [-0.1, -0.05) is 216 Å². The molecule has 3 nitrogen and oxygen atoms in total. The van der Waals surface area contributed by atoms with Gasteiger partial charge in [-0.2, -0.15) is 0 Å². The average molecular weight is 934 g/mol. The molecule has 1 aromatic heterocycles. The van der Waals surface area contributed by atoms with E-state index in [1.807, 2.05) is 0 Å². The van der Waals surface area contributed by atoms with E-state index in [0.717, 1.165) is 39.4 Å². The summed E-state index contributed by atoms with van der Waals surface area (Å²) in [5, 5.41) is 11.6. The van der Waals surface area contributed by atoms with Crippen LogP contribution in [0.5, 0.6) is 0 Å². The summed E-state index contributed by atoms with van der Waals surface area (Å²) in [6.07, 6.45) is 0. The first-order valence-corrected chi connectivity index (χ1v) is 25.7. The highest BCUT2D eigenvalue weighted by molar-refractivity contribution is 6.31. The van der Waals surface area contributed by atoms with Crippen LogP contribution in [0.2, 0.25) is 0 Å². The van der Waals surface area contributed by atoms with E-state index in [2.05, 4.69) is 262 Å². The summed E-state index contributed by atoms with van der Waals surface area (Å²) in [4.78, 5) is 5.87. The van der Waals surface area contributed by atoms with Gasteiger partial charge in [-0.3, -0.25) is 0 Å². The maximum atomic E-state index is 5.87. The van der Waals surface area contributed by atoms with Gasteiger partial charge in [0, 0.05) is 27.3 Å². The minimum Gasteiger partial charge on any atom is -0.371 e. The van der Waals surface area contributed by atoms with Crippen molar-refractivity contribution < 1.29 is 0 Å². The van der Waals surface area contributed by atoms with E-state index in [0.29, 0.717) is 0 Å². The number of rotatable bonds is 5. The van der Waals surface area contributed by atoms with Crippen LogP contribution in [0.4, 0.5) is 11.4 Å². The van der Waals surface area contributed by atoms with Crippen molar-refractivity contribution in [2.45, 2.75) is 44.6 Å². The zero-order valence-corrected chi connectivity index (χ0v) is 41.3. The van der Waals surface area contributed by atoms with Crippen LogP contribution < -0.4 is 5.32 Å². The molecule has 73 heavy (non-hydrogen) atoms. The van der Waals surface area contributed by atoms with Gasteiger partial charge in [-0.05, 0) is 136 Å². The molecule has 0 radical (unpaired) electrons. The third-order valence-electron chi connectivity index (χ3n) is 16.8. The first kappa shape index (κ1) is 41.9. The molecule has 15 rings (SSSR count). The number of hydrogen-bond donors (Lipinski definition) is 1. The standard InChI is InChI=1S/C70H51N3/c1-69(2)57-29-17-15-25-49(57)51-34-31-44(37-59(51)69)67-68(45-32-35-52-50-26-16-18-30-58(50)70(3,4)60(52)38-45)72-62-39-46(33-36-61(62)71-67)73-63-40-55(42-19-7-5-8-20-42)47-23-11-13-27-53(47)65(63)66-54-28-14-12-24-48(54)56(41-64(66)73)43-21-9-6-10-22-43/h5-41,67,71H,1-4H3. The lowest BCUT2D eigenvalue weighted by atomic mass is 9.80. The molecule has 2 heterocycles. The molecule has 2 aliphatic carbocycles. The van der Waals surface area contributed by atoms with Gasteiger partial charge in [0.15, 0.2) is 0 Å². The van der Waals surface area contributed by atoms with E-state index in [4.69, 9.17) is 4.99 Å². The van der Waals surface area contributed by atoms with Gasteiger partial charge in [-0.15, -0.1) is 0 Å². The zero-order chi connectivity index (χ0) is 48.7. The van der Waals surface area contributed by atoms with Crippen molar-refractivity contribution in [2.24, 2.45) is 4.99 Å². The molecule has 0 fully saturated rings. The Bertz CT molecular complexity index is 4200. The van der Waals surface area contributed by atoms with Gasteiger partial charge < -0.3 is 9.88 Å². The molecule has 0 amide bonds. The number of aromatic nitrogens is 1. The van der Waals surface area contributed by atoms with Crippen LogP contribution in [-0.4, -0.2) is 10.3 Å². The molecule has 0 saturated heterocycles. The Hall–Kier alpha value is -8.79. The molecule has 0 saturated carbocycles. The lowest BCUT2D eigenvalue weighted by Crippen LogP contribution is -2.26. The Balaban J connectivity index is 0.985. The molecule has 1 atom stereocenters. The summed E-state index contributed by atoms with van der Waals surface area (Å²) in [6, 6.07) is 83.3. The van der Waals surface area contributed by atoms with Crippen molar-refractivity contribution in [3.63, 3.8) is 0 Å². The fourth-order valence-electron chi connectivity index (χ4n) is 13.2. The summed E-state index contributed by atoms with van der Waals surface area (Å²) in [5.41, 5.74) is 23.9. The second-order valence-electron chi connectivity index (χ2n) is 21.5. The Kier molecular flexibility index (Phi) is 8.82. The molecule has 1 aliphatic heterocycles. The van der Waals surface area contributed by atoms with Crippen LogP contribution in [0.1, 0.15) is 67.1 Å². The third-order valence-corrected chi connectivity index (χ3v) is 16.8. The topological polar surface area (TPSA) is 29.3 Å². The van der Waals surface area contributed by atoms with Crippen molar-refractivity contribution in [1.82, 2.24) is 4.57 Å². The van der Waals surface area contributed by atoms with E-state index in [1.54, 1.807) is 0 Å². The van der Waals surface area contributed by atoms with Gasteiger partial charge in [0.25, 0.3) is 0 Å². The molecule has 1 unspecified atom stereocenters. The largest absolute Gasteiger partial charge is 0.371 e. The first-order valence-electron chi connectivity index (χ1n) is 25.7. The normalized spacial score (nSPS) is 15.7. The summed E-state index contributed by atoms with van der Waals surface area (Å²) in [6.45, 7) is 9.47. The predicted molar refractivity (Wildman–Crippen MR) is 307 cm³/mol. The minimum atomic E-state index is -0.194. The number of nitrogens with one attached hydrogen (secondary N) is 1. The number of fused-ring (bicyclic) bond motifs is 14. The fourth-order valence-corrected chi connectivity index (χ4v) is 13.2. The van der Waals surface area contributed by atoms with Crippen molar-refractivity contribution in [1.29, 1.82) is 0 Å². The number of hydrogen-bond acceptors (Lipinski definition) is 2. The Morgan fingerprint density at radius 3 is 1.44 bits per heavy atom. The van der Waals surface area contributed by atoms with Gasteiger partial charge in [0.2, 0.25) is 0 Å². The second-order valence-corrected chi connectivity index (χ2v) is 21.5. The maximum absolute atomic E-state index is 5.87. The van der Waals surface area contributed by atoms with Gasteiger partial charge >= 0.3 is 0 Å². The van der Waals surface area contributed by atoms with E-state index in [-0.39, 0.29) is 16.9 Å². The predicted octanol–water partition coefficient (Wildman–Crippen LogP) is 18.3. The molecule has 3 heteroatoms. The number of aliphatic imine (C=N–C) groups is 1. The van der Waals surface area contributed by atoms with E-state index < -0.39 is 0 Å². The van der Waals surface area contributed by atoms with Gasteiger partial charge in [0.1, 0.15) is 0 Å². The highest BCUT2D eigenvalue weighted by Gasteiger charge is 2.39. The van der Waals surface area contributed by atoms with E-state index >= 15 is 0 Å². The number of anilines is 1. The Morgan fingerprint density at radius 2 is 0.863 bits per heavy atom. The van der Waals surface area contributed by atoms with Crippen LogP contribution in [0.25, 0.3) is 93.5 Å². The molecule has 346 valence electrons. The Labute approximate surface area is 425 Å². The van der Waals surface area contributed by atoms with Crippen molar-refractivity contribution in [3.05, 3.63) is 258 Å². The van der Waals surface area contributed by atoms with E-state index in [1.165, 1.54) is 105 Å². The highest BCUT2D eigenvalue weighted by atomic mass is 15.0. The molecule has 12 aromatic rings. The van der Waals surface area contributed by atoms with Crippen LogP contribution >= 0.6 is 0 Å². The number of benzene rings is 11. The molecular formula is C70H51N3. The van der Waals surface area contributed by atoms with Gasteiger partial charge in [0.05, 0.1) is 34.2 Å². The van der Waals surface area contributed by atoms with Crippen LogP contribution in [0, 0.1) is 0 Å². The summed E-state index contributed by atoms with van der Waals surface area (Å²) < 4.78 is 2.51. The SMILES string of the molecule is CC1(C)c2ccccc2-c2ccc(C3=Nc4cc(-n5c6cc(-c7ccccc7)c7ccccc7c6c6c7ccccc7c(-c7ccccc7)cc65)ccc4NC3c3ccc4c(c3)C(C)(C)c3ccccc3-4)cc21. The Morgan fingerprint density at radius 1 is 0.384 bits per heavy atom. The van der Waals surface area contributed by atoms with Crippen LogP contribution in [-0.2, 0) is 10.8 Å². The third kappa shape index (κ3) is 6.03. The fraction of sp³-hybridized carbons (Fsp3) is 0.100. The van der Waals surface area contributed by atoms with Crippen molar-refractivity contribution in [3.8, 4) is 50.2 Å². The number of nitrogens with zero attached hydrogens (tertiary/aromatic N) is 2. The monoisotopic (exact) mass is 933 g/mol. The second kappa shape index (κ2) is 15.4. The minimum absolute atomic E-state index is 0.135. The van der Waals surface area contributed by atoms with E-state index in [9.17, 15) is 0 Å². The highest BCUT2D eigenvalue weighted by Crippen LogP contribution is 2.53. The van der Waals surface area contributed by atoms with Crippen molar-refractivity contribution >= 4 is 60.4 Å². The van der Waals surface area contributed by atoms with Crippen molar-refractivity contribution in [2.75, 3.05) is 5.32 Å². The molecule has 0 spiro atoms. The molecule has 3 aliphatic rings.